The second-order valence-corrected chi connectivity index (χ2v) is 8.68. The molecular weight excluding hydrogens is 437 g/mol. The highest BCUT2D eigenvalue weighted by atomic mass is 35.5. The molecule has 146 valence electrons. The van der Waals surface area contributed by atoms with Crippen LogP contribution >= 0.6 is 46.3 Å². The molecule has 0 amide bonds. The van der Waals surface area contributed by atoms with Crippen molar-refractivity contribution in [1.82, 2.24) is 4.98 Å². The number of carbonyl (C=O) groups is 1. The predicted molar refractivity (Wildman–Crippen MR) is 115 cm³/mol. The van der Waals surface area contributed by atoms with Gasteiger partial charge in [0.2, 0.25) is 0 Å². The minimum absolute atomic E-state index is 0.106. The summed E-state index contributed by atoms with van der Waals surface area (Å²) < 4.78 is 11.9. The summed E-state index contributed by atoms with van der Waals surface area (Å²) in [5, 5.41) is 2.99. The van der Waals surface area contributed by atoms with Crippen LogP contribution in [0.1, 0.15) is 21.6 Å². The van der Waals surface area contributed by atoms with Gasteiger partial charge >= 0.3 is 5.97 Å². The Morgan fingerprint density at radius 1 is 1.18 bits per heavy atom. The van der Waals surface area contributed by atoms with Gasteiger partial charge in [-0.3, -0.25) is 0 Å². The number of thioether (sulfide) groups is 1. The third kappa shape index (κ3) is 5.88. The molecule has 2 aromatic carbocycles. The van der Waals surface area contributed by atoms with Crippen molar-refractivity contribution in [3.05, 3.63) is 74.7 Å². The fraction of sp³-hybridized carbons (Fsp3) is 0.200. The molecule has 3 aromatic rings. The minimum atomic E-state index is -0.382. The lowest BCUT2D eigenvalue weighted by molar-refractivity contribution is 0.0449. The number of rotatable bonds is 8. The number of aromatic nitrogens is 1. The molecule has 8 heteroatoms. The van der Waals surface area contributed by atoms with Crippen molar-refractivity contribution in [2.24, 2.45) is 0 Å². The summed E-state index contributed by atoms with van der Waals surface area (Å²) in [5.74, 6) is 0.723. The number of benzene rings is 2. The first-order chi connectivity index (χ1) is 13.5. The minimum Gasteiger partial charge on any atom is -0.488 e. The van der Waals surface area contributed by atoms with Crippen LogP contribution in [0.2, 0.25) is 10.0 Å². The van der Waals surface area contributed by atoms with Gasteiger partial charge in [0.15, 0.2) is 0 Å². The van der Waals surface area contributed by atoms with Gasteiger partial charge in [0.25, 0.3) is 0 Å². The van der Waals surface area contributed by atoms with Crippen LogP contribution in [0.5, 0.6) is 5.75 Å². The molecule has 0 aliphatic rings. The maximum Gasteiger partial charge on any atom is 0.338 e. The quantitative estimate of drug-likeness (QED) is 0.228. The molecule has 0 saturated heterocycles. The van der Waals surface area contributed by atoms with Gasteiger partial charge in [0.05, 0.1) is 10.6 Å². The normalized spacial score (nSPS) is 10.7. The lowest BCUT2D eigenvalue weighted by atomic mass is 10.1. The van der Waals surface area contributed by atoms with Gasteiger partial charge in [0, 0.05) is 27.9 Å². The molecule has 0 atom stereocenters. The summed E-state index contributed by atoms with van der Waals surface area (Å²) >= 11 is 15.2. The van der Waals surface area contributed by atoms with Crippen molar-refractivity contribution in [1.29, 1.82) is 0 Å². The zero-order chi connectivity index (χ0) is 19.9. The average Bonchev–Trinajstić information content (AvgIpc) is 3.11. The highest BCUT2D eigenvalue weighted by molar-refractivity contribution is 8.00. The first-order valence-corrected chi connectivity index (χ1v) is 11.0. The Morgan fingerprint density at radius 3 is 2.79 bits per heavy atom. The third-order valence-corrected chi connectivity index (χ3v) is 6.39. The first-order valence-electron chi connectivity index (χ1n) is 8.41. The van der Waals surface area contributed by atoms with Crippen LogP contribution < -0.4 is 4.74 Å². The van der Waals surface area contributed by atoms with E-state index in [2.05, 4.69) is 4.98 Å². The molecule has 0 radical (unpaired) electrons. The molecule has 1 aromatic heterocycles. The maximum atomic E-state index is 12.5. The number of carbonyl (C=O) groups excluding carboxylic acids is 1. The van der Waals surface area contributed by atoms with Gasteiger partial charge in [-0.05, 0) is 30.7 Å². The topological polar surface area (TPSA) is 48.4 Å². The Balaban J connectivity index is 1.53. The van der Waals surface area contributed by atoms with Crippen LogP contribution in [0, 0.1) is 6.92 Å². The zero-order valence-corrected chi connectivity index (χ0v) is 18.1. The Labute approximate surface area is 181 Å². The molecular formula is C20H17Cl2NO3S2. The van der Waals surface area contributed by atoms with Crippen molar-refractivity contribution < 1.29 is 14.3 Å². The molecule has 0 spiro atoms. The van der Waals surface area contributed by atoms with E-state index in [0.29, 0.717) is 27.1 Å². The van der Waals surface area contributed by atoms with Gasteiger partial charge in [0.1, 0.15) is 23.3 Å². The molecule has 0 bridgehead atoms. The molecule has 0 N–H and O–H groups in total. The number of esters is 1. The third-order valence-electron chi connectivity index (χ3n) is 3.65. The molecule has 28 heavy (non-hydrogen) atoms. The molecule has 4 nitrogen and oxygen atoms in total. The number of hydrogen-bond acceptors (Lipinski definition) is 6. The number of nitrogens with zero attached hydrogens (tertiary/aromatic N) is 1. The molecule has 1 heterocycles. The van der Waals surface area contributed by atoms with Crippen LogP contribution in [0.3, 0.4) is 0 Å². The van der Waals surface area contributed by atoms with Gasteiger partial charge in [-0.15, -0.1) is 11.3 Å². The summed E-state index contributed by atoms with van der Waals surface area (Å²) in [6.07, 6.45) is 0. The maximum absolute atomic E-state index is 12.5. The van der Waals surface area contributed by atoms with Crippen LogP contribution in [0.15, 0.2) is 52.2 Å². The molecule has 0 saturated carbocycles. The number of hydrogen-bond donors (Lipinski definition) is 0. The number of aryl methyl sites for hydroxylation is 1. The van der Waals surface area contributed by atoms with E-state index in [9.17, 15) is 4.79 Å². The van der Waals surface area contributed by atoms with Gasteiger partial charge in [-0.1, -0.05) is 53.2 Å². The molecule has 0 fully saturated rings. The van der Waals surface area contributed by atoms with Crippen LogP contribution in [0.25, 0.3) is 0 Å². The van der Waals surface area contributed by atoms with Crippen molar-refractivity contribution in [3.63, 3.8) is 0 Å². The van der Waals surface area contributed by atoms with E-state index in [1.807, 2.05) is 30.5 Å². The molecule has 0 aliphatic carbocycles. The van der Waals surface area contributed by atoms with E-state index >= 15 is 0 Å². The van der Waals surface area contributed by atoms with Crippen molar-refractivity contribution in [2.75, 3.05) is 13.2 Å². The monoisotopic (exact) mass is 453 g/mol. The van der Waals surface area contributed by atoms with Crippen molar-refractivity contribution in [3.8, 4) is 5.75 Å². The number of halogens is 2. The molecule has 0 unspecified atom stereocenters. The lowest BCUT2D eigenvalue weighted by Gasteiger charge is -2.11. The van der Waals surface area contributed by atoms with Crippen LogP contribution in [-0.2, 0) is 10.5 Å². The molecule has 3 rings (SSSR count). The van der Waals surface area contributed by atoms with E-state index in [-0.39, 0.29) is 19.2 Å². The largest absolute Gasteiger partial charge is 0.488 e. The Hall–Kier alpha value is -1.73. The SMILES string of the molecule is Cc1csc(SCc2ccccc2C(=O)OCCOc2cc(Cl)ccc2Cl)n1. The zero-order valence-electron chi connectivity index (χ0n) is 15.0. The average molecular weight is 454 g/mol. The van der Waals surface area contributed by atoms with E-state index < -0.39 is 0 Å². The fourth-order valence-corrected chi connectivity index (χ4v) is 4.52. The highest BCUT2D eigenvalue weighted by Gasteiger charge is 2.13. The smallest absolute Gasteiger partial charge is 0.338 e. The van der Waals surface area contributed by atoms with Gasteiger partial charge < -0.3 is 9.47 Å². The Bertz CT molecular complexity index is 962. The lowest BCUT2D eigenvalue weighted by Crippen LogP contribution is -2.14. The van der Waals surface area contributed by atoms with E-state index in [0.717, 1.165) is 15.6 Å². The van der Waals surface area contributed by atoms with E-state index in [1.54, 1.807) is 47.4 Å². The van der Waals surface area contributed by atoms with Gasteiger partial charge in [-0.2, -0.15) is 0 Å². The van der Waals surface area contributed by atoms with Gasteiger partial charge in [-0.25, -0.2) is 9.78 Å². The van der Waals surface area contributed by atoms with Crippen LogP contribution in [-0.4, -0.2) is 24.2 Å². The predicted octanol–water partition coefficient (Wildman–Crippen LogP) is 6.29. The van der Waals surface area contributed by atoms with Crippen molar-refractivity contribution in [2.45, 2.75) is 17.0 Å². The summed E-state index contributed by atoms with van der Waals surface area (Å²) in [7, 11) is 0. The molecule has 0 aliphatic heterocycles. The van der Waals surface area contributed by atoms with Crippen molar-refractivity contribution >= 4 is 52.3 Å². The number of ether oxygens (including phenoxy) is 2. The second kappa shape index (κ2) is 10.2. The fourth-order valence-electron chi connectivity index (χ4n) is 2.34. The summed E-state index contributed by atoms with van der Waals surface area (Å²) in [5.41, 5.74) is 2.45. The Morgan fingerprint density at radius 2 is 2.00 bits per heavy atom. The first kappa shape index (κ1) is 21.0. The summed E-state index contributed by atoms with van der Waals surface area (Å²) in [6.45, 7) is 2.25. The summed E-state index contributed by atoms with van der Waals surface area (Å²) in [4.78, 5) is 16.9. The Kier molecular flexibility index (Phi) is 7.62. The highest BCUT2D eigenvalue weighted by Crippen LogP contribution is 2.28. The summed E-state index contributed by atoms with van der Waals surface area (Å²) in [6, 6.07) is 12.4. The van der Waals surface area contributed by atoms with Crippen LogP contribution in [0.4, 0.5) is 0 Å². The second-order valence-electron chi connectivity index (χ2n) is 5.76. The standard InChI is InChI=1S/C20H17Cl2NO3S2/c1-13-11-27-20(23-13)28-12-14-4-2-3-5-16(14)19(24)26-9-8-25-18-10-15(21)6-7-17(18)22/h2-7,10-11H,8-9,12H2,1H3. The van der Waals surface area contributed by atoms with E-state index in [1.165, 1.54) is 0 Å². The number of thiazole rings is 1. The van der Waals surface area contributed by atoms with E-state index in [4.69, 9.17) is 32.7 Å².